The van der Waals surface area contributed by atoms with Crippen LogP contribution in [-0.4, -0.2) is 62.6 Å². The highest BCUT2D eigenvalue weighted by atomic mass is 32.2. The van der Waals surface area contributed by atoms with Crippen molar-refractivity contribution in [2.45, 2.75) is 5.16 Å². The Balaban J connectivity index is 1.58. The molecule has 27 heavy (non-hydrogen) atoms. The zero-order valence-corrected chi connectivity index (χ0v) is 15.0. The molecule has 4 rings (SSSR count). The van der Waals surface area contributed by atoms with E-state index < -0.39 is 0 Å². The monoisotopic (exact) mass is 389 g/mol. The molecule has 2 aromatic heterocycles. The summed E-state index contributed by atoms with van der Waals surface area (Å²) in [5.74, 6) is -0.226. The topological polar surface area (TPSA) is 93.1 Å². The maximum absolute atomic E-state index is 13.2. The maximum Gasteiger partial charge on any atom is 0.262 e. The Morgan fingerprint density at radius 2 is 2.00 bits per heavy atom. The number of ether oxygens (including phenoxy) is 1. The van der Waals surface area contributed by atoms with Crippen LogP contribution in [0.2, 0.25) is 0 Å². The van der Waals surface area contributed by atoms with Gasteiger partial charge in [-0.1, -0.05) is 11.8 Å². The largest absolute Gasteiger partial charge is 0.378 e. The molecule has 0 unspecified atom stereocenters. The van der Waals surface area contributed by atoms with Crippen molar-refractivity contribution < 1.29 is 13.9 Å². The van der Waals surface area contributed by atoms with Crippen LogP contribution in [0.3, 0.4) is 0 Å². The smallest absolute Gasteiger partial charge is 0.262 e. The van der Waals surface area contributed by atoms with Crippen LogP contribution < -0.4 is 5.56 Å². The summed E-state index contributed by atoms with van der Waals surface area (Å²) in [4.78, 5) is 33.4. The van der Waals surface area contributed by atoms with Crippen molar-refractivity contribution in [2.24, 2.45) is 0 Å². The molecule has 0 atom stereocenters. The number of nitrogens with one attached hydrogen (secondary N) is 1. The van der Waals surface area contributed by atoms with Gasteiger partial charge in [-0.15, -0.1) is 0 Å². The number of H-pyrrole nitrogens is 1. The van der Waals surface area contributed by atoms with Crippen LogP contribution in [0.5, 0.6) is 0 Å². The highest BCUT2D eigenvalue weighted by Crippen LogP contribution is 2.18. The molecular formula is C17H16FN5O3S. The van der Waals surface area contributed by atoms with E-state index in [0.29, 0.717) is 48.2 Å². The molecule has 0 saturated carbocycles. The number of rotatable bonds is 4. The predicted octanol–water partition coefficient (Wildman–Crippen LogP) is 1.20. The summed E-state index contributed by atoms with van der Waals surface area (Å²) in [5, 5.41) is 4.83. The molecule has 10 heteroatoms. The van der Waals surface area contributed by atoms with E-state index >= 15 is 0 Å². The normalized spacial score (nSPS) is 14.6. The molecule has 1 aliphatic heterocycles. The molecule has 3 aromatic rings. The Morgan fingerprint density at radius 3 is 2.74 bits per heavy atom. The molecule has 0 spiro atoms. The van der Waals surface area contributed by atoms with Crippen molar-refractivity contribution in [2.75, 3.05) is 32.1 Å². The van der Waals surface area contributed by atoms with Gasteiger partial charge in [0, 0.05) is 13.1 Å². The first-order valence-corrected chi connectivity index (χ1v) is 9.33. The fourth-order valence-electron chi connectivity index (χ4n) is 2.77. The van der Waals surface area contributed by atoms with Crippen LogP contribution in [0.15, 0.2) is 40.4 Å². The third kappa shape index (κ3) is 3.71. The minimum Gasteiger partial charge on any atom is -0.378 e. The number of carbonyl (C=O) groups excluding carboxylic acids is 1. The van der Waals surface area contributed by atoms with Crippen molar-refractivity contribution in [1.29, 1.82) is 0 Å². The van der Waals surface area contributed by atoms with Gasteiger partial charge in [-0.25, -0.2) is 14.1 Å². The minimum atomic E-state index is -0.362. The molecule has 8 nitrogen and oxygen atoms in total. The number of benzene rings is 1. The second-order valence-electron chi connectivity index (χ2n) is 5.92. The van der Waals surface area contributed by atoms with Crippen molar-refractivity contribution in [3.8, 4) is 5.69 Å². The standard InChI is InChI=1S/C17H16FN5O3S/c18-11-1-3-12(4-2-11)23-15-13(9-19-23)16(25)21-17(20-15)27-10-14(24)22-5-7-26-8-6-22/h1-4,9H,5-8,10H2,(H,20,21,25). The van der Waals surface area contributed by atoms with Gasteiger partial charge in [0.25, 0.3) is 5.56 Å². The summed E-state index contributed by atoms with van der Waals surface area (Å²) in [5.41, 5.74) is 0.603. The van der Waals surface area contributed by atoms with Crippen molar-refractivity contribution in [1.82, 2.24) is 24.6 Å². The highest BCUT2D eigenvalue weighted by Gasteiger charge is 2.18. The van der Waals surface area contributed by atoms with E-state index in [1.54, 1.807) is 17.0 Å². The number of carbonyl (C=O) groups is 1. The van der Waals surface area contributed by atoms with Gasteiger partial charge in [0.15, 0.2) is 10.8 Å². The lowest BCUT2D eigenvalue weighted by Gasteiger charge is -2.26. The lowest BCUT2D eigenvalue weighted by molar-refractivity contribution is -0.132. The second-order valence-corrected chi connectivity index (χ2v) is 6.89. The Morgan fingerprint density at radius 1 is 1.26 bits per heavy atom. The third-order valence-corrected chi connectivity index (χ3v) is 5.04. The molecule has 1 fully saturated rings. The van der Waals surface area contributed by atoms with Crippen molar-refractivity contribution >= 4 is 28.7 Å². The minimum absolute atomic E-state index is 0.0295. The van der Waals surface area contributed by atoms with E-state index in [4.69, 9.17) is 4.74 Å². The van der Waals surface area contributed by atoms with Gasteiger partial charge in [-0.2, -0.15) is 5.10 Å². The molecular weight excluding hydrogens is 373 g/mol. The number of aromatic nitrogens is 4. The fourth-order valence-corrected chi connectivity index (χ4v) is 3.53. The summed E-state index contributed by atoms with van der Waals surface area (Å²) >= 11 is 1.16. The van der Waals surface area contributed by atoms with E-state index in [9.17, 15) is 14.0 Å². The first-order valence-electron chi connectivity index (χ1n) is 8.34. The van der Waals surface area contributed by atoms with Crippen LogP contribution >= 0.6 is 11.8 Å². The third-order valence-electron chi connectivity index (χ3n) is 4.18. The molecule has 1 N–H and O–H groups in total. The van der Waals surface area contributed by atoms with Crippen LogP contribution in [0.4, 0.5) is 4.39 Å². The van der Waals surface area contributed by atoms with E-state index in [-0.39, 0.29) is 23.0 Å². The molecule has 1 amide bonds. The Labute approximate surface area is 157 Å². The fraction of sp³-hybridized carbons (Fsp3) is 0.294. The number of fused-ring (bicyclic) bond motifs is 1. The number of thioether (sulfide) groups is 1. The first-order chi connectivity index (χ1) is 13.1. The zero-order chi connectivity index (χ0) is 18.8. The van der Waals surface area contributed by atoms with E-state index in [0.717, 1.165) is 11.8 Å². The van der Waals surface area contributed by atoms with Crippen LogP contribution in [0.25, 0.3) is 16.7 Å². The predicted molar refractivity (Wildman–Crippen MR) is 97.6 cm³/mol. The van der Waals surface area contributed by atoms with E-state index in [2.05, 4.69) is 15.1 Å². The first kappa shape index (κ1) is 17.7. The molecule has 3 heterocycles. The van der Waals surface area contributed by atoms with Crippen LogP contribution in [0, 0.1) is 5.82 Å². The number of morpholine rings is 1. The van der Waals surface area contributed by atoms with Gasteiger partial charge >= 0.3 is 0 Å². The van der Waals surface area contributed by atoms with Crippen molar-refractivity contribution in [3.05, 3.63) is 46.6 Å². The highest BCUT2D eigenvalue weighted by molar-refractivity contribution is 7.99. The SMILES string of the molecule is O=C(CSc1nc2c(cnn2-c2ccc(F)cc2)c(=O)[nH]1)N1CCOCC1. The average Bonchev–Trinajstić information content (AvgIpc) is 3.12. The average molecular weight is 389 g/mol. The number of nitrogens with zero attached hydrogens (tertiary/aromatic N) is 4. The Kier molecular flexibility index (Phi) is 4.90. The maximum atomic E-state index is 13.2. The second kappa shape index (κ2) is 7.49. The van der Waals surface area contributed by atoms with Crippen LogP contribution in [-0.2, 0) is 9.53 Å². The summed E-state index contributed by atoms with van der Waals surface area (Å²) in [7, 11) is 0. The number of hydrogen-bond donors (Lipinski definition) is 1. The van der Waals surface area contributed by atoms with Gasteiger partial charge in [-0.05, 0) is 24.3 Å². The van der Waals surface area contributed by atoms with E-state index in [1.165, 1.54) is 23.0 Å². The van der Waals surface area contributed by atoms with Crippen LogP contribution in [0.1, 0.15) is 0 Å². The quantitative estimate of drug-likeness (QED) is 0.532. The summed E-state index contributed by atoms with van der Waals surface area (Å²) in [6.07, 6.45) is 1.41. The summed E-state index contributed by atoms with van der Waals surface area (Å²) in [6, 6.07) is 5.73. The van der Waals surface area contributed by atoms with Gasteiger partial charge in [-0.3, -0.25) is 9.59 Å². The number of aromatic amines is 1. The molecule has 0 radical (unpaired) electrons. The summed E-state index contributed by atoms with van der Waals surface area (Å²) < 4.78 is 19.9. The Bertz CT molecular complexity index is 1030. The molecule has 1 aliphatic rings. The summed E-state index contributed by atoms with van der Waals surface area (Å²) in [6.45, 7) is 2.21. The van der Waals surface area contributed by atoms with Gasteiger partial charge < -0.3 is 14.6 Å². The number of amides is 1. The van der Waals surface area contributed by atoms with Gasteiger partial charge in [0.2, 0.25) is 5.91 Å². The lowest BCUT2D eigenvalue weighted by atomic mass is 10.3. The molecule has 1 saturated heterocycles. The Hall–Kier alpha value is -2.72. The zero-order valence-electron chi connectivity index (χ0n) is 14.2. The molecule has 140 valence electrons. The lowest BCUT2D eigenvalue weighted by Crippen LogP contribution is -2.41. The van der Waals surface area contributed by atoms with E-state index in [1.807, 2.05) is 0 Å². The van der Waals surface area contributed by atoms with Crippen molar-refractivity contribution in [3.63, 3.8) is 0 Å². The van der Waals surface area contributed by atoms with Gasteiger partial charge in [0.1, 0.15) is 11.2 Å². The van der Waals surface area contributed by atoms with Gasteiger partial charge in [0.05, 0.1) is 30.9 Å². The molecule has 1 aromatic carbocycles. The number of halogens is 1. The molecule has 0 aliphatic carbocycles. The number of hydrogen-bond acceptors (Lipinski definition) is 6. The molecule has 0 bridgehead atoms.